The molecule has 0 saturated heterocycles. The van der Waals surface area contributed by atoms with E-state index < -0.39 is 40.9 Å². The molecule has 0 aliphatic heterocycles. The van der Waals surface area contributed by atoms with Crippen molar-refractivity contribution in [3.8, 4) is 0 Å². The van der Waals surface area contributed by atoms with Gasteiger partial charge >= 0.3 is 84.1 Å². The Bertz CT molecular complexity index is 356. The molecule has 0 radical (unpaired) electrons. The Kier molecular flexibility index (Phi) is 3.03. The van der Waals surface area contributed by atoms with Gasteiger partial charge in [0, 0.05) is 0 Å². The van der Waals surface area contributed by atoms with Crippen molar-refractivity contribution in [2.75, 3.05) is 0 Å². The van der Waals surface area contributed by atoms with Gasteiger partial charge in [0.15, 0.2) is 0 Å². The maximum atomic E-state index is 10.5. The van der Waals surface area contributed by atoms with Gasteiger partial charge in [-0.15, -0.1) is 0 Å². The molecule has 7 heteroatoms. The Morgan fingerprint density at radius 1 is 1.08 bits per heavy atom. The zero-order valence-corrected chi connectivity index (χ0v) is 9.68. The number of hydrogen-bond acceptors (Lipinski definition) is 3. The molecule has 1 heterocycles. The van der Waals surface area contributed by atoms with Gasteiger partial charge in [-0.25, -0.2) is 0 Å². The van der Waals surface area contributed by atoms with Gasteiger partial charge in [-0.05, 0) is 0 Å². The Hall–Kier alpha value is -0.191. The van der Waals surface area contributed by atoms with Crippen molar-refractivity contribution in [2.24, 2.45) is 0 Å². The maximum absolute atomic E-state index is 10.5. The Labute approximate surface area is 84.0 Å². The number of carboxylic acid groups (broad SMARTS) is 2. The van der Waals surface area contributed by atoms with E-state index in [0.29, 0.717) is 2.26 Å². The third-order valence-electron chi connectivity index (χ3n) is 0.966. The molecule has 0 bridgehead atoms. The molecular formula is C5H2O4SSe2. The summed E-state index contributed by atoms with van der Waals surface area (Å²) >= 11 is 3.96. The zero-order chi connectivity index (χ0) is 9.30. The first-order valence-electron chi connectivity index (χ1n) is 2.63. The van der Waals surface area contributed by atoms with Crippen LogP contribution < -0.4 is 0 Å². The molecule has 0 unspecified atom stereocenters. The predicted molar refractivity (Wildman–Crippen MR) is 45.1 cm³/mol. The molecule has 2 N–H and O–H groups in total. The number of hydrogen-bond donors (Lipinski definition) is 2. The van der Waals surface area contributed by atoms with Gasteiger partial charge < -0.3 is 0 Å². The van der Waals surface area contributed by atoms with E-state index in [0.717, 1.165) is 0 Å². The van der Waals surface area contributed by atoms with E-state index in [1.165, 1.54) is 0 Å². The van der Waals surface area contributed by atoms with Crippen LogP contribution in [0, 0.1) is 2.26 Å². The molecule has 0 fully saturated rings. The van der Waals surface area contributed by atoms with Gasteiger partial charge in [0.2, 0.25) is 0 Å². The Balaban J connectivity index is 3.36. The van der Waals surface area contributed by atoms with Crippen LogP contribution in [0.3, 0.4) is 0 Å². The fraction of sp³-hybridized carbons (Fsp3) is 0. The number of carbonyl (C=O) groups is 2. The monoisotopic (exact) mass is 318 g/mol. The first kappa shape index (κ1) is 9.89. The molecule has 12 heavy (non-hydrogen) atoms. The van der Waals surface area contributed by atoms with Gasteiger partial charge in [0.25, 0.3) is 0 Å². The summed E-state index contributed by atoms with van der Waals surface area (Å²) in [6.45, 7) is 0. The summed E-state index contributed by atoms with van der Waals surface area (Å²) in [6, 6.07) is 0. The number of rotatable bonds is 2. The standard InChI is InChI=1S/C5H2O4SSe2/c6-3(7)1-2(4(8)9)12-5(10)11-1/h(H,6,7)(H,8,9). The third-order valence-corrected chi connectivity index (χ3v) is 7.45. The van der Waals surface area contributed by atoms with Crippen LogP contribution >= 0.6 is 12.2 Å². The molecule has 64 valence electrons. The van der Waals surface area contributed by atoms with Crippen molar-refractivity contribution < 1.29 is 19.8 Å². The summed E-state index contributed by atoms with van der Waals surface area (Å²) in [5.74, 6) is -2.29. The van der Waals surface area contributed by atoms with Gasteiger partial charge in [0.1, 0.15) is 0 Å². The van der Waals surface area contributed by atoms with E-state index in [1.807, 2.05) is 0 Å². The second-order valence-electron chi connectivity index (χ2n) is 1.72. The van der Waals surface area contributed by atoms with Crippen molar-refractivity contribution in [1.29, 1.82) is 0 Å². The van der Waals surface area contributed by atoms with Crippen molar-refractivity contribution in [1.82, 2.24) is 0 Å². The van der Waals surface area contributed by atoms with Crippen LogP contribution in [0.1, 0.15) is 18.5 Å². The van der Waals surface area contributed by atoms with Gasteiger partial charge in [-0.3, -0.25) is 0 Å². The van der Waals surface area contributed by atoms with E-state index in [2.05, 4.69) is 0 Å². The SMILES string of the molecule is O=C(O)c1[se]c(=S)[se]c1C(=O)O. The molecule has 0 amide bonds. The normalized spacial score (nSPS) is 9.67. The first-order chi connectivity index (χ1) is 5.52. The van der Waals surface area contributed by atoms with Crippen molar-refractivity contribution in [3.63, 3.8) is 0 Å². The summed E-state index contributed by atoms with van der Waals surface area (Å²) in [4.78, 5) is 21.0. The molecule has 0 atom stereocenters. The molecule has 1 aromatic rings. The predicted octanol–water partition coefficient (Wildman–Crippen LogP) is -0.0735. The van der Waals surface area contributed by atoms with Crippen LogP contribution in [0.15, 0.2) is 0 Å². The van der Waals surface area contributed by atoms with E-state index in [9.17, 15) is 9.59 Å². The summed E-state index contributed by atoms with van der Waals surface area (Å²) < 4.78 is 0.629. The second-order valence-corrected chi connectivity index (χ2v) is 8.89. The van der Waals surface area contributed by atoms with Crippen molar-refractivity contribution >= 4 is 53.2 Å². The molecule has 0 spiro atoms. The molecule has 4 nitrogen and oxygen atoms in total. The summed E-state index contributed by atoms with van der Waals surface area (Å²) in [5.41, 5.74) is 0. The van der Waals surface area contributed by atoms with E-state index in [-0.39, 0.29) is 8.87 Å². The Morgan fingerprint density at radius 2 is 1.42 bits per heavy atom. The molecule has 0 saturated carbocycles. The van der Waals surface area contributed by atoms with Crippen LogP contribution in [0.4, 0.5) is 0 Å². The van der Waals surface area contributed by atoms with Crippen molar-refractivity contribution in [2.45, 2.75) is 0 Å². The van der Waals surface area contributed by atoms with Crippen LogP contribution in [0.5, 0.6) is 0 Å². The average Bonchev–Trinajstić information content (AvgIpc) is 2.31. The van der Waals surface area contributed by atoms with E-state index >= 15 is 0 Å². The average molecular weight is 316 g/mol. The number of carboxylic acids is 2. The van der Waals surface area contributed by atoms with Crippen LogP contribution in [0.25, 0.3) is 0 Å². The summed E-state index contributed by atoms with van der Waals surface area (Å²) in [7, 11) is 0. The fourth-order valence-electron chi connectivity index (χ4n) is 0.562. The minimum absolute atomic E-state index is 0.0139. The molecule has 0 aliphatic carbocycles. The summed E-state index contributed by atoms with van der Waals surface area (Å²) in [6.07, 6.45) is 0. The van der Waals surface area contributed by atoms with E-state index in [4.69, 9.17) is 22.4 Å². The van der Waals surface area contributed by atoms with Gasteiger partial charge in [-0.2, -0.15) is 0 Å². The molecule has 1 rings (SSSR count). The third kappa shape index (κ3) is 1.94. The summed E-state index contributed by atoms with van der Waals surface area (Å²) in [5, 5.41) is 17.2. The number of aromatic carboxylic acids is 2. The fourth-order valence-corrected chi connectivity index (χ4v) is 6.52. The minimum atomic E-state index is -1.14. The quantitative estimate of drug-likeness (QED) is 0.590. The van der Waals surface area contributed by atoms with E-state index in [1.54, 1.807) is 0 Å². The van der Waals surface area contributed by atoms with Gasteiger partial charge in [-0.1, -0.05) is 0 Å². The second kappa shape index (κ2) is 3.68. The van der Waals surface area contributed by atoms with Gasteiger partial charge in [0.05, 0.1) is 0 Å². The molecule has 0 aliphatic rings. The Morgan fingerprint density at radius 3 is 1.67 bits per heavy atom. The van der Waals surface area contributed by atoms with Crippen molar-refractivity contribution in [3.05, 3.63) is 11.1 Å². The first-order valence-corrected chi connectivity index (χ1v) is 6.46. The van der Waals surface area contributed by atoms with Crippen LogP contribution in [-0.2, 0) is 0 Å². The molecule has 1 aromatic heterocycles. The molecular weight excluding hydrogens is 314 g/mol. The van der Waals surface area contributed by atoms with Crippen LogP contribution in [0.2, 0.25) is 0 Å². The van der Waals surface area contributed by atoms with Crippen LogP contribution in [-0.4, -0.2) is 51.2 Å². The topological polar surface area (TPSA) is 74.6 Å². The molecule has 0 aromatic carbocycles. The zero-order valence-electron chi connectivity index (χ0n) is 5.44.